The summed E-state index contributed by atoms with van der Waals surface area (Å²) in [6, 6.07) is 2.16. The minimum absolute atomic E-state index is 0.222. The van der Waals surface area contributed by atoms with Gasteiger partial charge in [-0.1, -0.05) is 0 Å². The van der Waals surface area contributed by atoms with Gasteiger partial charge in [0.2, 0.25) is 0 Å². The molecule has 9 heteroatoms. The van der Waals surface area contributed by atoms with Crippen molar-refractivity contribution in [2.24, 2.45) is 11.8 Å². The van der Waals surface area contributed by atoms with Gasteiger partial charge in [0.25, 0.3) is 5.92 Å². The monoisotopic (exact) mass is 387 g/mol. The molecule has 1 saturated carbocycles. The van der Waals surface area contributed by atoms with Gasteiger partial charge in [-0.25, -0.2) is 18.6 Å². The summed E-state index contributed by atoms with van der Waals surface area (Å²) in [6.45, 7) is 4.59. The Bertz CT molecular complexity index is 967. The van der Waals surface area contributed by atoms with Crippen LogP contribution in [0.1, 0.15) is 34.0 Å². The van der Waals surface area contributed by atoms with E-state index in [4.69, 9.17) is 4.74 Å². The van der Waals surface area contributed by atoms with Gasteiger partial charge in [-0.15, -0.1) is 0 Å². The van der Waals surface area contributed by atoms with Gasteiger partial charge in [0.1, 0.15) is 11.9 Å². The molecule has 28 heavy (non-hydrogen) atoms. The molecule has 0 amide bonds. The zero-order valence-electron chi connectivity index (χ0n) is 15.5. The summed E-state index contributed by atoms with van der Waals surface area (Å²) in [6.07, 6.45) is 4.64. The number of hydrogen-bond donors (Lipinski definition) is 0. The van der Waals surface area contributed by atoms with Crippen LogP contribution in [0.15, 0.2) is 18.6 Å². The molecule has 4 rings (SSSR count). The van der Waals surface area contributed by atoms with E-state index in [1.54, 1.807) is 35.8 Å². The molecule has 2 atom stereocenters. The van der Waals surface area contributed by atoms with Crippen LogP contribution >= 0.6 is 0 Å². The van der Waals surface area contributed by atoms with Crippen molar-refractivity contribution in [3.8, 4) is 6.07 Å². The molecular weight excluding hydrogens is 368 g/mol. The molecule has 7 nitrogen and oxygen atoms in total. The predicted octanol–water partition coefficient (Wildman–Crippen LogP) is 2.38. The summed E-state index contributed by atoms with van der Waals surface area (Å²) in [5.74, 6) is -3.83. The normalized spacial score (nSPS) is 21.9. The molecule has 2 aliphatic rings. The lowest BCUT2D eigenvalue weighted by molar-refractivity contribution is 0.0526. The first-order chi connectivity index (χ1) is 13.4. The molecule has 0 bridgehead atoms. The van der Waals surface area contributed by atoms with Crippen LogP contribution < -0.4 is 4.90 Å². The first-order valence-corrected chi connectivity index (χ1v) is 9.07. The second kappa shape index (κ2) is 6.55. The lowest BCUT2D eigenvalue weighted by Gasteiger charge is -2.23. The van der Waals surface area contributed by atoms with Crippen molar-refractivity contribution in [3.05, 3.63) is 40.8 Å². The van der Waals surface area contributed by atoms with E-state index in [2.05, 4.69) is 16.2 Å². The van der Waals surface area contributed by atoms with Gasteiger partial charge in [-0.2, -0.15) is 10.4 Å². The molecule has 1 aliphatic heterocycles. The van der Waals surface area contributed by atoms with Crippen LogP contribution in [0.25, 0.3) is 0 Å². The third kappa shape index (κ3) is 2.89. The summed E-state index contributed by atoms with van der Waals surface area (Å²) in [5, 5.41) is 13.8. The van der Waals surface area contributed by atoms with E-state index in [-0.39, 0.29) is 19.7 Å². The van der Waals surface area contributed by atoms with E-state index in [0.717, 1.165) is 11.1 Å². The highest BCUT2D eigenvalue weighted by atomic mass is 19.3. The van der Waals surface area contributed by atoms with Gasteiger partial charge < -0.3 is 9.64 Å². The van der Waals surface area contributed by atoms with Crippen LogP contribution in [-0.4, -0.2) is 46.4 Å². The lowest BCUT2D eigenvalue weighted by Crippen LogP contribution is -2.29. The third-order valence-corrected chi connectivity index (χ3v) is 5.51. The Kier molecular flexibility index (Phi) is 4.29. The molecule has 0 radical (unpaired) electrons. The van der Waals surface area contributed by atoms with E-state index in [1.165, 1.54) is 6.20 Å². The Morgan fingerprint density at radius 3 is 2.75 bits per heavy atom. The Morgan fingerprint density at radius 1 is 1.39 bits per heavy atom. The predicted molar refractivity (Wildman–Crippen MR) is 95.1 cm³/mol. The quantitative estimate of drug-likeness (QED) is 0.733. The van der Waals surface area contributed by atoms with Gasteiger partial charge in [0.05, 0.1) is 42.3 Å². The van der Waals surface area contributed by atoms with Gasteiger partial charge in [0, 0.05) is 25.5 Å². The average Bonchev–Trinajstić information content (AvgIpc) is 3.12. The molecular formula is C19H19F2N5O2. The van der Waals surface area contributed by atoms with E-state index in [0.29, 0.717) is 23.5 Å². The molecule has 1 aliphatic carbocycles. The zero-order chi connectivity index (χ0) is 20.1. The summed E-state index contributed by atoms with van der Waals surface area (Å²) in [4.78, 5) is 17.9. The van der Waals surface area contributed by atoms with Crippen LogP contribution in [-0.2, 0) is 11.3 Å². The maximum Gasteiger partial charge on any atom is 0.341 e. The van der Waals surface area contributed by atoms with Crippen LogP contribution in [0.3, 0.4) is 0 Å². The van der Waals surface area contributed by atoms with Crippen LogP contribution in [0.5, 0.6) is 0 Å². The molecule has 2 fully saturated rings. The summed E-state index contributed by atoms with van der Waals surface area (Å²) < 4.78 is 33.4. The first kappa shape index (κ1) is 18.3. The van der Waals surface area contributed by atoms with Gasteiger partial charge in [-0.3, -0.25) is 4.68 Å². The number of pyridine rings is 1. The third-order valence-electron chi connectivity index (χ3n) is 5.51. The summed E-state index contributed by atoms with van der Waals surface area (Å²) >= 11 is 0. The van der Waals surface area contributed by atoms with Crippen LogP contribution in [0.2, 0.25) is 0 Å². The molecule has 2 aromatic rings. The number of carbonyl (C=O) groups is 1. The van der Waals surface area contributed by atoms with Crippen molar-refractivity contribution in [1.29, 1.82) is 5.26 Å². The Hall–Kier alpha value is -3.02. The van der Waals surface area contributed by atoms with Crippen molar-refractivity contribution in [2.75, 3.05) is 24.6 Å². The number of aromatic nitrogens is 3. The highest BCUT2D eigenvalue weighted by Crippen LogP contribution is 2.59. The number of ether oxygens (including phenoxy) is 1. The maximum absolute atomic E-state index is 13.5. The lowest BCUT2D eigenvalue weighted by atomic mass is 10.1. The molecule has 2 aromatic heterocycles. The van der Waals surface area contributed by atoms with Crippen LogP contribution in [0, 0.1) is 30.1 Å². The van der Waals surface area contributed by atoms with Crippen molar-refractivity contribution in [3.63, 3.8) is 0 Å². The van der Waals surface area contributed by atoms with E-state index in [1.807, 2.05) is 0 Å². The number of hydrogen-bond acceptors (Lipinski definition) is 6. The van der Waals surface area contributed by atoms with Crippen molar-refractivity contribution >= 4 is 11.8 Å². The molecule has 0 N–H and O–H groups in total. The van der Waals surface area contributed by atoms with Crippen molar-refractivity contribution in [2.45, 2.75) is 26.3 Å². The number of piperidine rings is 1. The maximum atomic E-state index is 13.5. The number of esters is 1. The Balaban J connectivity index is 1.54. The number of carbonyl (C=O) groups excluding carboxylic acids is 1. The van der Waals surface area contributed by atoms with E-state index >= 15 is 0 Å². The number of anilines is 1. The van der Waals surface area contributed by atoms with Crippen molar-refractivity contribution < 1.29 is 18.3 Å². The highest BCUT2D eigenvalue weighted by molar-refractivity contribution is 5.88. The second-order valence-corrected chi connectivity index (χ2v) is 7.16. The number of nitriles is 1. The molecule has 146 valence electrons. The topological polar surface area (TPSA) is 84.0 Å². The Morgan fingerprint density at radius 2 is 2.11 bits per heavy atom. The van der Waals surface area contributed by atoms with Crippen molar-refractivity contribution in [1.82, 2.24) is 14.8 Å². The Labute approximate surface area is 160 Å². The summed E-state index contributed by atoms with van der Waals surface area (Å²) in [7, 11) is 0. The van der Waals surface area contributed by atoms with Crippen LogP contribution in [0.4, 0.5) is 14.6 Å². The van der Waals surface area contributed by atoms with Gasteiger partial charge in [-0.05, 0) is 25.0 Å². The molecule has 3 heterocycles. The fraction of sp³-hybridized carbons (Fsp3) is 0.474. The largest absolute Gasteiger partial charge is 0.462 e. The minimum atomic E-state index is -2.57. The number of fused-ring (bicyclic) bond motifs is 1. The minimum Gasteiger partial charge on any atom is -0.462 e. The number of nitrogens with zero attached hydrogens (tertiary/aromatic N) is 5. The smallest absolute Gasteiger partial charge is 0.341 e. The molecule has 0 spiro atoms. The second-order valence-electron chi connectivity index (χ2n) is 7.16. The average molecular weight is 387 g/mol. The summed E-state index contributed by atoms with van der Waals surface area (Å²) in [5.41, 5.74) is 2.24. The standard InChI is InChI=1S/C19H19F2N5O2/c1-3-28-18(27)13-6-24-26(8-13)7-12-5-23-17(14(4-22)11(12)2)25-9-15-16(10-25)19(15,20)21/h5-6,8,15-16H,3,7,9-10H2,1-2H3. The highest BCUT2D eigenvalue weighted by Gasteiger charge is 2.71. The molecule has 1 saturated heterocycles. The van der Waals surface area contributed by atoms with Gasteiger partial charge in [0.15, 0.2) is 0 Å². The molecule has 0 aromatic carbocycles. The number of rotatable bonds is 5. The fourth-order valence-corrected chi connectivity index (χ4v) is 3.79. The van der Waals surface area contributed by atoms with E-state index in [9.17, 15) is 18.8 Å². The molecule has 2 unspecified atom stereocenters. The fourth-order valence-electron chi connectivity index (χ4n) is 3.79. The van der Waals surface area contributed by atoms with Gasteiger partial charge >= 0.3 is 5.97 Å². The first-order valence-electron chi connectivity index (χ1n) is 9.07. The number of alkyl halides is 2. The number of halogens is 2. The zero-order valence-corrected chi connectivity index (χ0v) is 15.5. The SMILES string of the molecule is CCOC(=O)c1cnn(Cc2cnc(N3CC4C(C3)C4(F)F)c(C#N)c2C)c1. The van der Waals surface area contributed by atoms with E-state index < -0.39 is 23.7 Å².